The summed E-state index contributed by atoms with van der Waals surface area (Å²) >= 11 is 3.13. The molecule has 2 aromatic heterocycles. The first-order valence-corrected chi connectivity index (χ1v) is 11.2. The fourth-order valence-corrected chi connectivity index (χ4v) is 5.17. The molecule has 1 N–H and O–H groups in total. The van der Waals surface area contributed by atoms with Crippen LogP contribution in [0.5, 0.6) is 0 Å². The van der Waals surface area contributed by atoms with Crippen LogP contribution in [0.25, 0.3) is 0 Å². The predicted molar refractivity (Wildman–Crippen MR) is 102 cm³/mol. The highest BCUT2D eigenvalue weighted by atomic mass is 32.2. The van der Waals surface area contributed by atoms with E-state index in [2.05, 4.69) is 5.32 Å². The minimum atomic E-state index is -3.45. The van der Waals surface area contributed by atoms with Crippen LogP contribution in [0.3, 0.4) is 0 Å². The molecule has 25 heavy (non-hydrogen) atoms. The first kappa shape index (κ1) is 17.8. The monoisotopic (exact) mass is 391 g/mol. The average molecular weight is 392 g/mol. The second kappa shape index (κ2) is 7.95. The molecule has 0 radical (unpaired) electrons. The summed E-state index contributed by atoms with van der Waals surface area (Å²) < 4.78 is 24.6. The summed E-state index contributed by atoms with van der Waals surface area (Å²) in [5, 5.41) is 8.87. The minimum Gasteiger partial charge on any atom is -0.344 e. The van der Waals surface area contributed by atoms with Crippen molar-refractivity contribution in [3.63, 3.8) is 0 Å². The molecule has 7 heteroatoms. The third-order valence-corrected chi connectivity index (χ3v) is 7.08. The van der Waals surface area contributed by atoms with E-state index in [4.69, 9.17) is 0 Å². The van der Waals surface area contributed by atoms with Crippen LogP contribution in [-0.2, 0) is 14.6 Å². The molecule has 130 valence electrons. The molecule has 0 saturated carbocycles. The maximum atomic E-state index is 12.4. The summed E-state index contributed by atoms with van der Waals surface area (Å²) in [5.41, 5.74) is 1.01. The van der Waals surface area contributed by atoms with Gasteiger partial charge in [0.15, 0.2) is 9.84 Å². The second-order valence-electron chi connectivity index (χ2n) is 5.45. The molecule has 0 aliphatic heterocycles. The Hall–Kier alpha value is -1.96. The molecule has 0 saturated heterocycles. The molecular formula is C18H17NO3S3. The van der Waals surface area contributed by atoms with Gasteiger partial charge in [-0.2, -0.15) is 11.3 Å². The van der Waals surface area contributed by atoms with Gasteiger partial charge in [0.05, 0.1) is 16.7 Å². The number of carbonyl (C=O) groups excluding carboxylic acids is 1. The van der Waals surface area contributed by atoms with E-state index in [1.54, 1.807) is 53.0 Å². The lowest BCUT2D eigenvalue weighted by atomic mass is 10.1. The van der Waals surface area contributed by atoms with Gasteiger partial charge in [-0.1, -0.05) is 24.3 Å². The SMILES string of the molecule is O=C(CCS(=O)(=O)c1ccccc1)NC(c1ccsc1)c1cccs1. The number of benzene rings is 1. The van der Waals surface area contributed by atoms with Gasteiger partial charge in [-0.15, -0.1) is 11.3 Å². The van der Waals surface area contributed by atoms with Crippen LogP contribution >= 0.6 is 22.7 Å². The Morgan fingerprint density at radius 1 is 1.04 bits per heavy atom. The Morgan fingerprint density at radius 3 is 2.48 bits per heavy atom. The number of hydrogen-bond acceptors (Lipinski definition) is 5. The van der Waals surface area contributed by atoms with Crippen molar-refractivity contribution < 1.29 is 13.2 Å². The van der Waals surface area contributed by atoms with Crippen LogP contribution in [0.2, 0.25) is 0 Å². The van der Waals surface area contributed by atoms with Gasteiger partial charge in [-0.25, -0.2) is 8.42 Å². The van der Waals surface area contributed by atoms with Crippen molar-refractivity contribution in [1.29, 1.82) is 0 Å². The van der Waals surface area contributed by atoms with E-state index in [-0.39, 0.29) is 29.0 Å². The molecule has 1 unspecified atom stereocenters. The van der Waals surface area contributed by atoms with Crippen molar-refractivity contribution in [2.75, 3.05) is 5.75 Å². The molecule has 0 aliphatic rings. The lowest BCUT2D eigenvalue weighted by Crippen LogP contribution is -2.30. The van der Waals surface area contributed by atoms with Crippen molar-refractivity contribution >= 4 is 38.4 Å². The Kier molecular flexibility index (Phi) is 5.67. The van der Waals surface area contributed by atoms with E-state index in [0.29, 0.717) is 0 Å². The van der Waals surface area contributed by atoms with E-state index in [9.17, 15) is 13.2 Å². The molecule has 2 heterocycles. The third kappa shape index (κ3) is 4.56. The molecule has 3 rings (SSSR count). The number of thiophene rings is 2. The zero-order chi connectivity index (χ0) is 17.7. The summed E-state index contributed by atoms with van der Waals surface area (Å²) in [6, 6.07) is 13.8. The highest BCUT2D eigenvalue weighted by Gasteiger charge is 2.21. The van der Waals surface area contributed by atoms with Crippen LogP contribution in [0.15, 0.2) is 69.6 Å². The van der Waals surface area contributed by atoms with Crippen LogP contribution in [0.1, 0.15) is 22.9 Å². The summed E-state index contributed by atoms with van der Waals surface area (Å²) in [4.78, 5) is 13.6. The van der Waals surface area contributed by atoms with Crippen molar-refractivity contribution in [3.05, 3.63) is 75.1 Å². The van der Waals surface area contributed by atoms with E-state index in [0.717, 1.165) is 10.4 Å². The number of amides is 1. The van der Waals surface area contributed by atoms with Gasteiger partial charge in [-0.05, 0) is 46.0 Å². The standard InChI is InChI=1S/C18H17NO3S3/c20-17(9-12-25(21,22)15-5-2-1-3-6-15)19-18(14-8-11-23-13-14)16-7-4-10-24-16/h1-8,10-11,13,18H,9,12H2,(H,19,20). The van der Waals surface area contributed by atoms with E-state index >= 15 is 0 Å². The summed E-state index contributed by atoms with van der Waals surface area (Å²) in [6.45, 7) is 0. The quantitative estimate of drug-likeness (QED) is 0.665. The van der Waals surface area contributed by atoms with Gasteiger partial charge in [0, 0.05) is 11.3 Å². The lowest BCUT2D eigenvalue weighted by molar-refractivity contribution is -0.121. The van der Waals surface area contributed by atoms with Crippen molar-refractivity contribution in [3.8, 4) is 0 Å². The highest BCUT2D eigenvalue weighted by Crippen LogP contribution is 2.27. The number of nitrogens with one attached hydrogen (secondary N) is 1. The summed E-state index contributed by atoms with van der Waals surface area (Å²) in [6.07, 6.45) is -0.0662. The van der Waals surface area contributed by atoms with Gasteiger partial charge >= 0.3 is 0 Å². The van der Waals surface area contributed by atoms with E-state index in [1.165, 1.54) is 0 Å². The molecular weight excluding hydrogens is 374 g/mol. The fourth-order valence-electron chi connectivity index (χ4n) is 2.42. The molecule has 0 spiro atoms. The lowest BCUT2D eigenvalue weighted by Gasteiger charge is -2.16. The smallest absolute Gasteiger partial charge is 0.221 e. The van der Waals surface area contributed by atoms with Gasteiger partial charge < -0.3 is 5.32 Å². The van der Waals surface area contributed by atoms with E-state index < -0.39 is 9.84 Å². The zero-order valence-corrected chi connectivity index (χ0v) is 15.7. The first-order chi connectivity index (χ1) is 12.1. The Balaban J connectivity index is 1.67. The van der Waals surface area contributed by atoms with Crippen molar-refractivity contribution in [2.45, 2.75) is 17.4 Å². The Morgan fingerprint density at radius 2 is 1.84 bits per heavy atom. The van der Waals surface area contributed by atoms with Crippen LogP contribution in [-0.4, -0.2) is 20.1 Å². The number of sulfone groups is 1. The second-order valence-corrected chi connectivity index (χ2v) is 9.32. The van der Waals surface area contributed by atoms with Gasteiger partial charge in [0.25, 0.3) is 0 Å². The number of rotatable bonds is 7. The summed E-state index contributed by atoms with van der Waals surface area (Å²) in [5.74, 6) is -0.479. The molecule has 1 aromatic carbocycles. The summed E-state index contributed by atoms with van der Waals surface area (Å²) in [7, 11) is -3.45. The number of carbonyl (C=O) groups is 1. The molecule has 0 fully saturated rings. The largest absolute Gasteiger partial charge is 0.344 e. The topological polar surface area (TPSA) is 63.2 Å². The van der Waals surface area contributed by atoms with Crippen molar-refractivity contribution in [2.24, 2.45) is 0 Å². The molecule has 1 amide bonds. The Bertz CT molecular complexity index is 868. The third-order valence-electron chi connectivity index (χ3n) is 3.71. The van der Waals surface area contributed by atoms with Crippen LogP contribution in [0, 0.1) is 0 Å². The van der Waals surface area contributed by atoms with Gasteiger partial charge in [0.2, 0.25) is 5.91 Å². The van der Waals surface area contributed by atoms with Gasteiger partial charge in [-0.3, -0.25) is 4.79 Å². The normalized spacial score (nSPS) is 12.6. The minimum absolute atomic E-state index is 0.0662. The Labute approximate surface area is 155 Å². The maximum absolute atomic E-state index is 12.4. The van der Waals surface area contributed by atoms with Gasteiger partial charge in [0.1, 0.15) is 0 Å². The first-order valence-electron chi connectivity index (χ1n) is 7.69. The molecule has 1 atom stereocenters. The van der Waals surface area contributed by atoms with Crippen LogP contribution in [0.4, 0.5) is 0 Å². The number of hydrogen-bond donors (Lipinski definition) is 1. The maximum Gasteiger partial charge on any atom is 0.221 e. The zero-order valence-electron chi connectivity index (χ0n) is 13.3. The van der Waals surface area contributed by atoms with E-state index in [1.807, 2.05) is 34.3 Å². The van der Waals surface area contributed by atoms with Crippen LogP contribution < -0.4 is 5.32 Å². The molecule has 4 nitrogen and oxygen atoms in total. The van der Waals surface area contributed by atoms with Crippen molar-refractivity contribution in [1.82, 2.24) is 5.32 Å². The molecule has 3 aromatic rings. The molecule has 0 aliphatic carbocycles. The highest BCUT2D eigenvalue weighted by molar-refractivity contribution is 7.91. The fraction of sp³-hybridized carbons (Fsp3) is 0.167. The molecule has 0 bridgehead atoms. The predicted octanol–water partition coefficient (Wildman–Crippen LogP) is 3.88. The average Bonchev–Trinajstić information content (AvgIpc) is 3.32.